The Hall–Kier alpha value is -2.53. The molecule has 0 aliphatic carbocycles. The normalized spacial score (nSPS) is 10.3. The van der Waals surface area contributed by atoms with Gasteiger partial charge in [0.15, 0.2) is 10.4 Å². The summed E-state index contributed by atoms with van der Waals surface area (Å²) in [6.45, 7) is 0.476. The van der Waals surface area contributed by atoms with E-state index in [4.69, 9.17) is 9.15 Å². The highest BCUT2D eigenvalue weighted by Gasteiger charge is 2.10. The van der Waals surface area contributed by atoms with Gasteiger partial charge in [0.2, 0.25) is 0 Å². The molecule has 0 saturated heterocycles. The van der Waals surface area contributed by atoms with Crippen molar-refractivity contribution in [1.82, 2.24) is 0 Å². The van der Waals surface area contributed by atoms with Gasteiger partial charge in [-0.2, -0.15) is 0 Å². The van der Waals surface area contributed by atoms with Crippen LogP contribution in [0.15, 0.2) is 75.8 Å². The third kappa shape index (κ3) is 4.23. The molecular formula is C18H14BrNO3. The van der Waals surface area contributed by atoms with Crippen molar-refractivity contribution in [3.05, 3.63) is 82.7 Å². The zero-order valence-electron chi connectivity index (χ0n) is 12.2. The molecule has 23 heavy (non-hydrogen) atoms. The lowest BCUT2D eigenvalue weighted by molar-refractivity contribution is 0.0995. The van der Waals surface area contributed by atoms with E-state index < -0.39 is 0 Å². The molecule has 1 N–H and O–H groups in total. The maximum absolute atomic E-state index is 12.1. The van der Waals surface area contributed by atoms with Crippen LogP contribution < -0.4 is 10.1 Å². The highest BCUT2D eigenvalue weighted by atomic mass is 79.9. The molecule has 0 aliphatic rings. The number of rotatable bonds is 5. The molecular weight excluding hydrogens is 358 g/mol. The Labute approximate surface area is 142 Å². The monoisotopic (exact) mass is 371 g/mol. The molecule has 3 rings (SSSR count). The first-order valence-electron chi connectivity index (χ1n) is 7.04. The van der Waals surface area contributed by atoms with Crippen LogP contribution in [-0.2, 0) is 6.61 Å². The highest BCUT2D eigenvalue weighted by Crippen LogP contribution is 2.20. The number of furan rings is 1. The number of anilines is 1. The topological polar surface area (TPSA) is 51.5 Å². The second-order valence-electron chi connectivity index (χ2n) is 4.86. The van der Waals surface area contributed by atoms with Crippen molar-refractivity contribution in [3.8, 4) is 5.75 Å². The van der Waals surface area contributed by atoms with Crippen LogP contribution in [0.5, 0.6) is 5.75 Å². The number of carbonyl (C=O) groups is 1. The zero-order chi connectivity index (χ0) is 16.1. The number of amides is 1. The molecule has 0 radical (unpaired) electrons. The van der Waals surface area contributed by atoms with Crippen molar-refractivity contribution in [2.45, 2.75) is 6.61 Å². The summed E-state index contributed by atoms with van der Waals surface area (Å²) in [5, 5.41) is 2.78. The van der Waals surface area contributed by atoms with Gasteiger partial charge in [-0.3, -0.25) is 4.79 Å². The van der Waals surface area contributed by atoms with Crippen LogP contribution in [0, 0.1) is 0 Å². The minimum Gasteiger partial charge on any atom is -0.489 e. The molecule has 0 unspecified atom stereocenters. The Morgan fingerprint density at radius 3 is 2.61 bits per heavy atom. The Bertz CT molecular complexity index is 799. The lowest BCUT2D eigenvalue weighted by Crippen LogP contribution is -2.10. The first-order valence-corrected chi connectivity index (χ1v) is 7.83. The van der Waals surface area contributed by atoms with E-state index in [0.717, 1.165) is 5.56 Å². The molecule has 4 nitrogen and oxygen atoms in total. The SMILES string of the molecule is O=C(Nc1cccc(OCc2ccccc2)c1)c1ccc(Br)o1. The van der Waals surface area contributed by atoms with Gasteiger partial charge < -0.3 is 14.5 Å². The van der Waals surface area contributed by atoms with E-state index >= 15 is 0 Å². The summed E-state index contributed by atoms with van der Waals surface area (Å²) in [7, 11) is 0. The Balaban J connectivity index is 1.64. The largest absolute Gasteiger partial charge is 0.489 e. The van der Waals surface area contributed by atoms with Gasteiger partial charge in [0.25, 0.3) is 5.91 Å². The van der Waals surface area contributed by atoms with Crippen molar-refractivity contribution < 1.29 is 13.9 Å². The molecule has 0 fully saturated rings. The quantitative estimate of drug-likeness (QED) is 0.695. The molecule has 0 spiro atoms. The number of ether oxygens (including phenoxy) is 1. The summed E-state index contributed by atoms with van der Waals surface area (Å²) in [4.78, 5) is 12.1. The molecule has 1 heterocycles. The molecule has 1 amide bonds. The van der Waals surface area contributed by atoms with Crippen molar-refractivity contribution >= 4 is 27.5 Å². The fourth-order valence-corrected chi connectivity index (χ4v) is 2.34. The van der Waals surface area contributed by atoms with E-state index in [1.54, 1.807) is 24.3 Å². The highest BCUT2D eigenvalue weighted by molar-refractivity contribution is 9.10. The fraction of sp³-hybridized carbons (Fsp3) is 0.0556. The molecule has 5 heteroatoms. The molecule has 0 bridgehead atoms. The molecule has 116 valence electrons. The first-order chi connectivity index (χ1) is 11.2. The molecule has 0 aliphatic heterocycles. The average Bonchev–Trinajstić information content (AvgIpc) is 3.01. The van der Waals surface area contributed by atoms with Gasteiger partial charge >= 0.3 is 0 Å². The van der Waals surface area contributed by atoms with Crippen LogP contribution in [0.4, 0.5) is 5.69 Å². The van der Waals surface area contributed by atoms with Crippen molar-refractivity contribution in [2.24, 2.45) is 0 Å². The third-order valence-corrected chi connectivity index (χ3v) is 3.56. The van der Waals surface area contributed by atoms with Crippen LogP contribution in [0.2, 0.25) is 0 Å². The maximum Gasteiger partial charge on any atom is 0.291 e. The van der Waals surface area contributed by atoms with Crippen LogP contribution in [-0.4, -0.2) is 5.91 Å². The van der Waals surface area contributed by atoms with Gasteiger partial charge in [0.1, 0.15) is 12.4 Å². The van der Waals surface area contributed by atoms with E-state index in [-0.39, 0.29) is 11.7 Å². The van der Waals surface area contributed by atoms with Crippen LogP contribution in [0.25, 0.3) is 0 Å². The lowest BCUT2D eigenvalue weighted by Gasteiger charge is -2.08. The number of carbonyl (C=O) groups excluding carboxylic acids is 1. The maximum atomic E-state index is 12.1. The number of benzene rings is 2. The van der Waals surface area contributed by atoms with Crippen molar-refractivity contribution in [2.75, 3.05) is 5.32 Å². The van der Waals surface area contributed by atoms with Crippen molar-refractivity contribution in [1.29, 1.82) is 0 Å². The van der Waals surface area contributed by atoms with Gasteiger partial charge in [-0.05, 0) is 45.8 Å². The van der Waals surface area contributed by atoms with E-state index in [9.17, 15) is 4.79 Å². The first kappa shape index (κ1) is 15.4. The van der Waals surface area contributed by atoms with Crippen LogP contribution in [0.1, 0.15) is 16.1 Å². The zero-order valence-corrected chi connectivity index (χ0v) is 13.7. The Morgan fingerprint density at radius 1 is 1.04 bits per heavy atom. The number of nitrogens with one attached hydrogen (secondary N) is 1. The Kier molecular flexibility index (Phi) is 4.78. The van der Waals surface area contributed by atoms with E-state index in [2.05, 4.69) is 21.2 Å². The van der Waals surface area contributed by atoms with Crippen LogP contribution in [0.3, 0.4) is 0 Å². The summed E-state index contributed by atoms with van der Waals surface area (Å²) < 4.78 is 11.5. The molecule has 1 aromatic heterocycles. The molecule has 3 aromatic rings. The number of hydrogen-bond acceptors (Lipinski definition) is 3. The minimum absolute atomic E-state index is 0.243. The van der Waals surface area contributed by atoms with Gasteiger partial charge in [-0.15, -0.1) is 0 Å². The summed E-state index contributed by atoms with van der Waals surface area (Å²) in [6, 6.07) is 20.4. The average molecular weight is 372 g/mol. The summed E-state index contributed by atoms with van der Waals surface area (Å²) in [5.74, 6) is 0.621. The van der Waals surface area contributed by atoms with Crippen molar-refractivity contribution in [3.63, 3.8) is 0 Å². The molecule has 0 atom stereocenters. The minimum atomic E-state index is -0.309. The second-order valence-corrected chi connectivity index (χ2v) is 5.64. The van der Waals surface area contributed by atoms with E-state index in [1.165, 1.54) is 0 Å². The summed E-state index contributed by atoms with van der Waals surface area (Å²) in [5.41, 5.74) is 1.73. The Morgan fingerprint density at radius 2 is 1.87 bits per heavy atom. The summed E-state index contributed by atoms with van der Waals surface area (Å²) in [6.07, 6.45) is 0. The third-order valence-electron chi connectivity index (χ3n) is 3.14. The number of halogens is 1. The molecule has 2 aromatic carbocycles. The van der Waals surface area contributed by atoms with Gasteiger partial charge in [0, 0.05) is 11.8 Å². The van der Waals surface area contributed by atoms with Gasteiger partial charge in [0.05, 0.1) is 0 Å². The van der Waals surface area contributed by atoms with E-state index in [0.29, 0.717) is 22.7 Å². The smallest absolute Gasteiger partial charge is 0.291 e. The predicted octanol–water partition coefficient (Wildman–Crippen LogP) is 4.87. The molecule has 0 saturated carbocycles. The lowest BCUT2D eigenvalue weighted by atomic mass is 10.2. The van der Waals surface area contributed by atoms with Crippen LogP contribution >= 0.6 is 15.9 Å². The van der Waals surface area contributed by atoms with E-state index in [1.807, 2.05) is 42.5 Å². The second kappa shape index (κ2) is 7.15. The van der Waals surface area contributed by atoms with Gasteiger partial charge in [-0.25, -0.2) is 0 Å². The number of hydrogen-bond donors (Lipinski definition) is 1. The van der Waals surface area contributed by atoms with Gasteiger partial charge in [-0.1, -0.05) is 36.4 Å². The predicted molar refractivity (Wildman–Crippen MR) is 91.6 cm³/mol. The summed E-state index contributed by atoms with van der Waals surface area (Å²) >= 11 is 3.17. The fourth-order valence-electron chi connectivity index (χ4n) is 2.03. The standard InChI is InChI=1S/C18H14BrNO3/c19-17-10-9-16(23-17)18(21)20-14-7-4-8-15(11-14)22-12-13-5-2-1-3-6-13/h1-11H,12H2,(H,20,21).